The highest BCUT2D eigenvalue weighted by molar-refractivity contribution is 5.91. The zero-order valence-electron chi connectivity index (χ0n) is 11.8. The summed E-state index contributed by atoms with van der Waals surface area (Å²) in [5.41, 5.74) is 1.17. The van der Waals surface area contributed by atoms with Crippen LogP contribution in [-0.2, 0) is 16.0 Å². The third-order valence-corrected chi connectivity index (χ3v) is 2.95. The van der Waals surface area contributed by atoms with Crippen molar-refractivity contribution < 1.29 is 14.5 Å². The molecule has 0 bridgehead atoms. The lowest BCUT2D eigenvalue weighted by atomic mass is 10.1. The van der Waals surface area contributed by atoms with E-state index in [0.717, 1.165) is 12.8 Å². The van der Waals surface area contributed by atoms with E-state index in [-0.39, 0.29) is 11.6 Å². The van der Waals surface area contributed by atoms with E-state index in [2.05, 4.69) is 5.32 Å². The molecule has 6 nitrogen and oxygen atoms in total. The number of hydrogen-bond donors (Lipinski definition) is 1. The molecule has 0 atom stereocenters. The molecule has 0 aliphatic heterocycles. The van der Waals surface area contributed by atoms with Crippen LogP contribution in [0.1, 0.15) is 31.7 Å². The van der Waals surface area contributed by atoms with E-state index >= 15 is 0 Å². The molecule has 6 heteroatoms. The van der Waals surface area contributed by atoms with Gasteiger partial charge in [0.2, 0.25) is 5.91 Å². The van der Waals surface area contributed by atoms with Crippen molar-refractivity contribution in [3.63, 3.8) is 0 Å². The molecule has 0 fully saturated rings. The number of ether oxygens (including phenoxy) is 1. The highest BCUT2D eigenvalue weighted by atomic mass is 16.6. The Morgan fingerprint density at radius 3 is 2.75 bits per heavy atom. The second kappa shape index (κ2) is 8.27. The van der Waals surface area contributed by atoms with Crippen LogP contribution in [0.15, 0.2) is 18.2 Å². The highest BCUT2D eigenvalue weighted by Gasteiger charge is 2.13. The first-order valence-electron chi connectivity index (χ1n) is 6.64. The maximum atomic E-state index is 11.7. The standard InChI is InChI=1S/C14H20N2O4/c1-3-11-7-8-12(10-13(11)16(18)19)15-14(17)6-4-5-9-20-2/h7-8,10H,3-6,9H2,1-2H3,(H,15,17). The SMILES string of the molecule is CCc1ccc(NC(=O)CCCCOC)cc1[N+](=O)[O-]. The molecule has 0 saturated carbocycles. The molecule has 0 aliphatic carbocycles. The molecular formula is C14H20N2O4. The Morgan fingerprint density at radius 2 is 2.15 bits per heavy atom. The molecule has 1 amide bonds. The minimum atomic E-state index is -0.424. The van der Waals surface area contributed by atoms with Crippen LogP contribution in [0.2, 0.25) is 0 Å². The van der Waals surface area contributed by atoms with Crippen LogP contribution in [0.3, 0.4) is 0 Å². The van der Waals surface area contributed by atoms with Gasteiger partial charge >= 0.3 is 0 Å². The van der Waals surface area contributed by atoms with E-state index in [1.807, 2.05) is 6.92 Å². The Kier molecular flexibility index (Phi) is 6.66. The van der Waals surface area contributed by atoms with Gasteiger partial charge in [0, 0.05) is 37.5 Å². The van der Waals surface area contributed by atoms with Crippen LogP contribution in [0.5, 0.6) is 0 Å². The number of nitrogens with one attached hydrogen (secondary N) is 1. The first-order valence-corrected chi connectivity index (χ1v) is 6.64. The number of aryl methyl sites for hydroxylation is 1. The number of rotatable bonds is 8. The molecule has 0 aliphatic rings. The second-order valence-electron chi connectivity index (χ2n) is 4.45. The first-order chi connectivity index (χ1) is 9.58. The van der Waals surface area contributed by atoms with Gasteiger partial charge in [-0.15, -0.1) is 0 Å². The summed E-state index contributed by atoms with van der Waals surface area (Å²) in [6.45, 7) is 2.49. The fraction of sp³-hybridized carbons (Fsp3) is 0.500. The molecule has 110 valence electrons. The predicted octanol–water partition coefficient (Wildman–Crippen LogP) is 2.91. The van der Waals surface area contributed by atoms with Gasteiger partial charge in [-0.3, -0.25) is 14.9 Å². The number of carbonyl (C=O) groups excluding carboxylic acids is 1. The van der Waals surface area contributed by atoms with E-state index in [1.165, 1.54) is 6.07 Å². The predicted molar refractivity (Wildman–Crippen MR) is 76.8 cm³/mol. The average molecular weight is 280 g/mol. The lowest BCUT2D eigenvalue weighted by Gasteiger charge is -2.07. The number of methoxy groups -OCH3 is 1. The van der Waals surface area contributed by atoms with Gasteiger partial charge < -0.3 is 10.1 Å². The first kappa shape index (κ1) is 16.1. The lowest BCUT2D eigenvalue weighted by molar-refractivity contribution is -0.385. The maximum Gasteiger partial charge on any atom is 0.274 e. The summed E-state index contributed by atoms with van der Waals surface area (Å²) in [6.07, 6.45) is 2.52. The van der Waals surface area contributed by atoms with Crippen molar-refractivity contribution in [3.8, 4) is 0 Å². The number of carbonyl (C=O) groups is 1. The van der Waals surface area contributed by atoms with Gasteiger partial charge in [0.15, 0.2) is 0 Å². The number of nitrogens with zero attached hydrogens (tertiary/aromatic N) is 1. The zero-order chi connectivity index (χ0) is 15.0. The van der Waals surface area contributed by atoms with E-state index in [9.17, 15) is 14.9 Å². The molecule has 20 heavy (non-hydrogen) atoms. The van der Waals surface area contributed by atoms with E-state index < -0.39 is 4.92 Å². The molecule has 1 N–H and O–H groups in total. The Hall–Kier alpha value is -1.95. The lowest BCUT2D eigenvalue weighted by Crippen LogP contribution is -2.11. The molecule has 1 aromatic carbocycles. The summed E-state index contributed by atoms with van der Waals surface area (Å²) >= 11 is 0. The summed E-state index contributed by atoms with van der Waals surface area (Å²) in [5.74, 6) is -0.139. The smallest absolute Gasteiger partial charge is 0.274 e. The van der Waals surface area contributed by atoms with Gasteiger partial charge in [0.05, 0.1) is 4.92 Å². The van der Waals surface area contributed by atoms with Crippen LogP contribution in [0, 0.1) is 10.1 Å². The third-order valence-electron chi connectivity index (χ3n) is 2.95. The summed E-state index contributed by atoms with van der Waals surface area (Å²) in [5, 5.41) is 13.6. The quantitative estimate of drug-likeness (QED) is 0.451. The number of hydrogen-bond acceptors (Lipinski definition) is 4. The van der Waals surface area contributed by atoms with Gasteiger partial charge in [0.1, 0.15) is 0 Å². The van der Waals surface area contributed by atoms with Crippen molar-refractivity contribution >= 4 is 17.3 Å². The Balaban J connectivity index is 2.61. The van der Waals surface area contributed by atoms with Gasteiger partial charge in [-0.25, -0.2) is 0 Å². The molecule has 0 unspecified atom stereocenters. The third kappa shape index (κ3) is 4.97. The van der Waals surface area contributed by atoms with Crippen molar-refractivity contribution in [3.05, 3.63) is 33.9 Å². The van der Waals surface area contributed by atoms with E-state index in [1.54, 1.807) is 19.2 Å². The molecule has 0 spiro atoms. The molecule has 0 heterocycles. The number of nitro groups is 1. The van der Waals surface area contributed by atoms with Crippen molar-refractivity contribution in [2.24, 2.45) is 0 Å². The molecule has 1 aromatic rings. The summed E-state index contributed by atoms with van der Waals surface area (Å²) in [4.78, 5) is 22.2. The monoisotopic (exact) mass is 280 g/mol. The molecular weight excluding hydrogens is 260 g/mol. The van der Waals surface area contributed by atoms with Gasteiger partial charge in [0.25, 0.3) is 5.69 Å². The molecule has 0 aromatic heterocycles. The Morgan fingerprint density at radius 1 is 1.40 bits per heavy atom. The normalized spacial score (nSPS) is 10.3. The summed E-state index contributed by atoms with van der Waals surface area (Å²) < 4.78 is 4.90. The Bertz CT molecular complexity index is 474. The van der Waals surface area contributed by atoms with Gasteiger partial charge in [-0.05, 0) is 25.3 Å². The van der Waals surface area contributed by atoms with Crippen LogP contribution < -0.4 is 5.32 Å². The zero-order valence-corrected chi connectivity index (χ0v) is 11.8. The minimum absolute atomic E-state index is 0.0460. The number of benzene rings is 1. The van der Waals surface area contributed by atoms with Crippen LogP contribution >= 0.6 is 0 Å². The van der Waals surface area contributed by atoms with Crippen LogP contribution in [0.25, 0.3) is 0 Å². The van der Waals surface area contributed by atoms with Crippen LogP contribution in [0.4, 0.5) is 11.4 Å². The van der Waals surface area contributed by atoms with Crippen molar-refractivity contribution in [2.45, 2.75) is 32.6 Å². The Labute approximate surface area is 118 Å². The van der Waals surface area contributed by atoms with Crippen LogP contribution in [-0.4, -0.2) is 24.5 Å². The fourth-order valence-corrected chi connectivity index (χ4v) is 1.87. The van der Waals surface area contributed by atoms with Gasteiger partial charge in [-0.1, -0.05) is 13.0 Å². The van der Waals surface area contributed by atoms with Gasteiger partial charge in [-0.2, -0.15) is 0 Å². The number of nitro benzene ring substituents is 1. The summed E-state index contributed by atoms with van der Waals surface area (Å²) in [7, 11) is 1.62. The minimum Gasteiger partial charge on any atom is -0.385 e. The van der Waals surface area contributed by atoms with E-state index in [0.29, 0.717) is 30.7 Å². The highest BCUT2D eigenvalue weighted by Crippen LogP contribution is 2.23. The topological polar surface area (TPSA) is 81.5 Å². The largest absolute Gasteiger partial charge is 0.385 e. The van der Waals surface area contributed by atoms with Crippen molar-refractivity contribution in [1.29, 1.82) is 0 Å². The fourth-order valence-electron chi connectivity index (χ4n) is 1.87. The number of unbranched alkanes of at least 4 members (excludes halogenated alkanes) is 1. The average Bonchev–Trinajstić information content (AvgIpc) is 2.43. The van der Waals surface area contributed by atoms with Crippen molar-refractivity contribution in [2.75, 3.05) is 19.0 Å². The molecule has 1 rings (SSSR count). The maximum absolute atomic E-state index is 11.7. The molecule has 0 saturated heterocycles. The molecule has 0 radical (unpaired) electrons. The summed E-state index contributed by atoms with van der Waals surface area (Å²) in [6, 6.07) is 4.78. The van der Waals surface area contributed by atoms with Crippen molar-refractivity contribution in [1.82, 2.24) is 0 Å². The number of amides is 1. The number of anilines is 1. The second-order valence-corrected chi connectivity index (χ2v) is 4.45. The van der Waals surface area contributed by atoms with E-state index in [4.69, 9.17) is 4.74 Å².